The molecule has 0 spiro atoms. The SMILES string of the molecule is Cn1cc(-c2cc3c(Cl)ccnc3n2SI)cn1. The van der Waals surface area contributed by atoms with Gasteiger partial charge in [0.15, 0.2) is 5.65 Å². The zero-order valence-electron chi connectivity index (χ0n) is 9.34. The molecule has 0 radical (unpaired) electrons. The van der Waals surface area contributed by atoms with E-state index in [1.165, 1.54) is 0 Å². The molecule has 0 saturated carbocycles. The average molecular weight is 391 g/mol. The molecule has 0 bridgehead atoms. The van der Waals surface area contributed by atoms with E-state index in [9.17, 15) is 0 Å². The second-order valence-electron chi connectivity index (χ2n) is 3.83. The molecule has 3 aromatic heterocycles. The Morgan fingerprint density at radius 1 is 1.44 bits per heavy atom. The van der Waals surface area contributed by atoms with Crippen molar-refractivity contribution in [1.29, 1.82) is 0 Å². The molecule has 0 aliphatic heterocycles. The molecule has 0 aliphatic carbocycles. The van der Waals surface area contributed by atoms with Crippen LogP contribution in [0.2, 0.25) is 5.02 Å². The van der Waals surface area contributed by atoms with E-state index in [-0.39, 0.29) is 0 Å². The predicted molar refractivity (Wildman–Crippen MR) is 84.0 cm³/mol. The number of fused-ring (bicyclic) bond motifs is 1. The first-order valence-corrected chi connectivity index (χ1v) is 8.84. The Labute approximate surface area is 125 Å². The van der Waals surface area contributed by atoms with Gasteiger partial charge in [0.2, 0.25) is 0 Å². The summed E-state index contributed by atoms with van der Waals surface area (Å²) in [6, 6.07) is 3.85. The maximum atomic E-state index is 6.21. The van der Waals surface area contributed by atoms with Crippen LogP contribution in [0.15, 0.2) is 30.7 Å². The van der Waals surface area contributed by atoms with Gasteiger partial charge < -0.3 is 0 Å². The largest absolute Gasteiger partial charge is 0.275 e. The summed E-state index contributed by atoms with van der Waals surface area (Å²) in [4.78, 5) is 4.39. The van der Waals surface area contributed by atoms with Crippen LogP contribution < -0.4 is 0 Å². The summed E-state index contributed by atoms with van der Waals surface area (Å²) < 4.78 is 3.84. The Kier molecular flexibility index (Phi) is 3.25. The van der Waals surface area contributed by atoms with Crippen LogP contribution >= 0.6 is 41.9 Å². The van der Waals surface area contributed by atoms with E-state index >= 15 is 0 Å². The van der Waals surface area contributed by atoms with Crippen LogP contribution in [0, 0.1) is 0 Å². The third-order valence-corrected chi connectivity index (χ3v) is 4.70. The second kappa shape index (κ2) is 4.75. The number of hydrogen-bond donors (Lipinski definition) is 0. The molecule has 3 heterocycles. The molecule has 3 rings (SSSR count). The fraction of sp³-hybridized carbons (Fsp3) is 0.0909. The molecule has 18 heavy (non-hydrogen) atoms. The van der Waals surface area contributed by atoms with Crippen LogP contribution in [0.1, 0.15) is 0 Å². The molecule has 0 aliphatic rings. The van der Waals surface area contributed by atoms with Crippen molar-refractivity contribution in [3.05, 3.63) is 35.7 Å². The quantitative estimate of drug-likeness (QED) is 0.622. The van der Waals surface area contributed by atoms with Crippen molar-refractivity contribution in [2.75, 3.05) is 0 Å². The monoisotopic (exact) mass is 390 g/mol. The van der Waals surface area contributed by atoms with Crippen LogP contribution in [0.4, 0.5) is 0 Å². The zero-order valence-corrected chi connectivity index (χ0v) is 13.1. The van der Waals surface area contributed by atoms with E-state index in [1.807, 2.05) is 25.5 Å². The molecule has 0 aromatic carbocycles. The van der Waals surface area contributed by atoms with E-state index < -0.39 is 0 Å². The van der Waals surface area contributed by atoms with Gasteiger partial charge >= 0.3 is 0 Å². The maximum absolute atomic E-state index is 6.21. The lowest BCUT2D eigenvalue weighted by Gasteiger charge is -2.02. The standard InChI is InChI=1S/C11H8ClIN4S/c1-16-6-7(5-15-16)10-4-8-9(12)2-3-14-11(8)17(10)18-13/h2-6H,1H3. The lowest BCUT2D eigenvalue weighted by molar-refractivity contribution is 0.768. The van der Waals surface area contributed by atoms with Crippen molar-refractivity contribution in [3.8, 4) is 11.3 Å². The Morgan fingerprint density at radius 2 is 2.28 bits per heavy atom. The number of rotatable bonds is 2. The Bertz CT molecular complexity index is 721. The molecule has 0 unspecified atom stereocenters. The minimum absolute atomic E-state index is 0.717. The van der Waals surface area contributed by atoms with Crippen LogP contribution in [-0.4, -0.2) is 18.7 Å². The fourth-order valence-electron chi connectivity index (χ4n) is 1.87. The summed E-state index contributed by atoms with van der Waals surface area (Å²) in [6.07, 6.45) is 5.54. The zero-order chi connectivity index (χ0) is 12.7. The van der Waals surface area contributed by atoms with Gasteiger partial charge in [-0.05, 0) is 12.1 Å². The van der Waals surface area contributed by atoms with Crippen molar-refractivity contribution < 1.29 is 0 Å². The van der Waals surface area contributed by atoms with Gasteiger partial charge in [0.1, 0.15) is 0 Å². The van der Waals surface area contributed by atoms with E-state index in [1.54, 1.807) is 26.1 Å². The smallest absolute Gasteiger partial charge is 0.152 e. The highest BCUT2D eigenvalue weighted by molar-refractivity contribution is 14.2. The van der Waals surface area contributed by atoms with Crippen molar-refractivity contribution in [1.82, 2.24) is 18.7 Å². The summed E-state index contributed by atoms with van der Waals surface area (Å²) in [7, 11) is 3.47. The predicted octanol–water partition coefficient (Wildman–Crippen LogP) is 3.94. The van der Waals surface area contributed by atoms with Crippen LogP contribution in [0.3, 0.4) is 0 Å². The third kappa shape index (κ3) is 1.92. The number of aryl methyl sites for hydroxylation is 1. The molecule has 92 valence electrons. The number of halogens is 2. The highest BCUT2D eigenvalue weighted by atomic mass is 127. The van der Waals surface area contributed by atoms with Crippen molar-refractivity contribution in [2.45, 2.75) is 0 Å². The molecule has 0 N–H and O–H groups in total. The van der Waals surface area contributed by atoms with Gasteiger partial charge in [-0.15, -0.1) is 0 Å². The van der Waals surface area contributed by atoms with Crippen molar-refractivity contribution in [2.24, 2.45) is 7.05 Å². The van der Waals surface area contributed by atoms with Crippen LogP contribution in [-0.2, 0) is 7.05 Å². The van der Waals surface area contributed by atoms with Gasteiger partial charge in [-0.3, -0.25) is 8.65 Å². The lowest BCUT2D eigenvalue weighted by atomic mass is 10.2. The highest BCUT2D eigenvalue weighted by Gasteiger charge is 2.14. The average Bonchev–Trinajstić information content (AvgIpc) is 2.93. The van der Waals surface area contributed by atoms with Crippen molar-refractivity contribution in [3.63, 3.8) is 0 Å². The Hall–Kier alpha value is -0.730. The highest BCUT2D eigenvalue weighted by Crippen LogP contribution is 2.35. The first kappa shape index (κ1) is 12.3. The first-order valence-electron chi connectivity index (χ1n) is 5.15. The Balaban J connectivity index is 2.32. The summed E-state index contributed by atoms with van der Waals surface area (Å²) in [6.45, 7) is 0. The topological polar surface area (TPSA) is 35.6 Å². The normalized spacial score (nSPS) is 11.3. The lowest BCUT2D eigenvalue weighted by Crippen LogP contribution is -1.88. The maximum Gasteiger partial charge on any atom is 0.152 e. The van der Waals surface area contributed by atoms with Crippen LogP contribution in [0.25, 0.3) is 22.3 Å². The van der Waals surface area contributed by atoms with E-state index in [4.69, 9.17) is 11.6 Å². The van der Waals surface area contributed by atoms with Gasteiger partial charge in [-0.2, -0.15) is 5.10 Å². The van der Waals surface area contributed by atoms with Crippen molar-refractivity contribution >= 4 is 53.0 Å². The first-order chi connectivity index (χ1) is 8.70. The van der Waals surface area contributed by atoms with E-state index in [0.717, 1.165) is 22.3 Å². The summed E-state index contributed by atoms with van der Waals surface area (Å²) >= 11 is 8.44. The van der Waals surface area contributed by atoms with Crippen LogP contribution in [0.5, 0.6) is 0 Å². The molecule has 7 heteroatoms. The molecule has 0 fully saturated rings. The minimum Gasteiger partial charge on any atom is -0.275 e. The number of hydrogen-bond acceptors (Lipinski definition) is 3. The fourth-order valence-corrected chi connectivity index (χ4v) is 3.70. The van der Waals surface area contributed by atoms with E-state index in [0.29, 0.717) is 5.02 Å². The summed E-state index contributed by atoms with van der Waals surface area (Å²) in [5.74, 6) is 0. The van der Waals surface area contributed by atoms with Gasteiger partial charge in [-0.1, -0.05) is 11.6 Å². The molecule has 0 atom stereocenters. The van der Waals surface area contributed by atoms with E-state index in [2.05, 4.69) is 35.3 Å². The molecular formula is C11H8ClIN4S. The summed E-state index contributed by atoms with van der Waals surface area (Å²) in [5, 5.41) is 5.88. The van der Waals surface area contributed by atoms with Gasteiger partial charge in [-0.25, -0.2) is 4.98 Å². The minimum atomic E-state index is 0.717. The van der Waals surface area contributed by atoms with Gasteiger partial charge in [0.25, 0.3) is 0 Å². The molecule has 3 aromatic rings. The van der Waals surface area contributed by atoms with Gasteiger partial charge in [0.05, 0.1) is 16.9 Å². The molecule has 0 amide bonds. The Morgan fingerprint density at radius 3 is 2.94 bits per heavy atom. The number of nitrogens with zero attached hydrogens (tertiary/aromatic N) is 4. The number of pyridine rings is 1. The number of aromatic nitrogens is 4. The molecular weight excluding hydrogens is 383 g/mol. The molecule has 0 saturated heterocycles. The summed E-state index contributed by atoms with van der Waals surface area (Å²) in [5.41, 5.74) is 2.98. The molecule has 4 nitrogen and oxygen atoms in total. The third-order valence-electron chi connectivity index (χ3n) is 2.68. The second-order valence-corrected chi connectivity index (χ2v) is 5.92. The van der Waals surface area contributed by atoms with Gasteiger partial charge in [0, 0.05) is 60.7 Å².